The van der Waals surface area contributed by atoms with E-state index >= 15 is 0 Å². The van der Waals surface area contributed by atoms with Crippen LogP contribution in [0.4, 0.5) is 5.82 Å². The molecule has 0 radical (unpaired) electrons. The lowest BCUT2D eigenvalue weighted by Crippen LogP contribution is -1.97. The minimum absolute atomic E-state index is 0.527. The Balaban J connectivity index is 2.41. The maximum absolute atomic E-state index is 5.77. The van der Waals surface area contributed by atoms with Gasteiger partial charge in [0.25, 0.3) is 0 Å². The fourth-order valence-electron chi connectivity index (χ4n) is 1.50. The zero-order valence-corrected chi connectivity index (χ0v) is 8.60. The first-order chi connectivity index (χ1) is 7.31. The second kappa shape index (κ2) is 4.23. The van der Waals surface area contributed by atoms with Gasteiger partial charge in [-0.2, -0.15) is 0 Å². The summed E-state index contributed by atoms with van der Waals surface area (Å²) in [6.07, 6.45) is 2.35. The van der Waals surface area contributed by atoms with Crippen LogP contribution >= 0.6 is 0 Å². The number of methoxy groups -OCH3 is 1. The zero-order chi connectivity index (χ0) is 10.7. The van der Waals surface area contributed by atoms with Crippen LogP contribution in [-0.2, 0) is 11.2 Å². The van der Waals surface area contributed by atoms with Gasteiger partial charge < -0.3 is 10.5 Å². The lowest BCUT2D eigenvalue weighted by Gasteiger charge is -2.03. The van der Waals surface area contributed by atoms with Crippen LogP contribution in [0, 0.1) is 0 Å². The third-order valence-electron chi connectivity index (χ3n) is 2.33. The van der Waals surface area contributed by atoms with E-state index in [2.05, 4.69) is 9.97 Å². The Kier molecular flexibility index (Phi) is 2.78. The molecule has 1 heterocycles. The summed E-state index contributed by atoms with van der Waals surface area (Å²) in [5.74, 6) is 0.527. The summed E-state index contributed by atoms with van der Waals surface area (Å²) in [6.45, 7) is 0.707. The highest BCUT2D eigenvalue weighted by Gasteiger charge is 2.01. The summed E-state index contributed by atoms with van der Waals surface area (Å²) in [7, 11) is 1.69. The summed E-state index contributed by atoms with van der Waals surface area (Å²) in [5.41, 5.74) is 7.84. The Morgan fingerprint density at radius 3 is 3.00 bits per heavy atom. The van der Waals surface area contributed by atoms with Crippen molar-refractivity contribution >= 4 is 16.7 Å². The monoisotopic (exact) mass is 203 g/mol. The van der Waals surface area contributed by atoms with Crippen molar-refractivity contribution < 1.29 is 4.74 Å². The molecule has 0 aliphatic heterocycles. The van der Waals surface area contributed by atoms with Crippen molar-refractivity contribution in [2.24, 2.45) is 0 Å². The van der Waals surface area contributed by atoms with Gasteiger partial charge in [0.05, 0.1) is 12.1 Å². The molecule has 1 aromatic carbocycles. The lowest BCUT2D eigenvalue weighted by atomic mass is 10.1. The first kappa shape index (κ1) is 9.86. The molecule has 0 amide bonds. The molecule has 4 nitrogen and oxygen atoms in total. The van der Waals surface area contributed by atoms with Crippen LogP contribution < -0.4 is 5.73 Å². The average molecular weight is 203 g/mol. The smallest absolute Gasteiger partial charge is 0.134 e. The first-order valence-corrected chi connectivity index (χ1v) is 4.79. The van der Waals surface area contributed by atoms with Crippen molar-refractivity contribution in [1.29, 1.82) is 0 Å². The molecule has 0 unspecified atom stereocenters. The summed E-state index contributed by atoms with van der Waals surface area (Å²) < 4.78 is 5.03. The number of nitrogen functional groups attached to an aromatic ring is 1. The molecule has 0 bridgehead atoms. The predicted molar refractivity (Wildman–Crippen MR) is 59.5 cm³/mol. The summed E-state index contributed by atoms with van der Waals surface area (Å²) in [5, 5.41) is 0.908. The standard InChI is InChI=1S/C11H13N3O/c1-15-5-4-8-2-3-10-9(6-8)11(12)14-7-13-10/h2-3,6-7H,4-5H2,1H3,(H2,12,13,14). The molecule has 0 atom stereocenters. The van der Waals surface area contributed by atoms with E-state index < -0.39 is 0 Å². The molecule has 2 N–H and O–H groups in total. The van der Waals surface area contributed by atoms with E-state index in [1.165, 1.54) is 11.9 Å². The van der Waals surface area contributed by atoms with E-state index in [-0.39, 0.29) is 0 Å². The molecule has 1 aromatic heterocycles. The molecule has 0 saturated carbocycles. The molecule has 0 aliphatic carbocycles. The molecule has 0 aliphatic rings. The molecule has 2 aromatic rings. The van der Waals surface area contributed by atoms with Crippen LogP contribution in [-0.4, -0.2) is 23.7 Å². The molecule has 0 spiro atoms. The number of nitrogens with zero attached hydrogens (tertiary/aromatic N) is 2. The van der Waals surface area contributed by atoms with Crippen LogP contribution in [0.3, 0.4) is 0 Å². The maximum Gasteiger partial charge on any atom is 0.134 e. The van der Waals surface area contributed by atoms with Crippen LogP contribution in [0.25, 0.3) is 10.9 Å². The largest absolute Gasteiger partial charge is 0.384 e. The highest BCUT2D eigenvalue weighted by atomic mass is 16.5. The lowest BCUT2D eigenvalue weighted by molar-refractivity contribution is 0.202. The molecule has 4 heteroatoms. The number of anilines is 1. The second-order valence-corrected chi connectivity index (χ2v) is 3.35. The molecular formula is C11H13N3O. The van der Waals surface area contributed by atoms with Crippen molar-refractivity contribution in [1.82, 2.24) is 9.97 Å². The Hall–Kier alpha value is -1.68. The number of rotatable bonds is 3. The van der Waals surface area contributed by atoms with Gasteiger partial charge in [-0.1, -0.05) is 6.07 Å². The van der Waals surface area contributed by atoms with E-state index in [0.29, 0.717) is 12.4 Å². The van der Waals surface area contributed by atoms with Crippen LogP contribution in [0.15, 0.2) is 24.5 Å². The number of hydrogen-bond donors (Lipinski definition) is 1. The molecule has 78 valence electrons. The number of fused-ring (bicyclic) bond motifs is 1. The van der Waals surface area contributed by atoms with Gasteiger partial charge in [-0.05, 0) is 24.1 Å². The van der Waals surface area contributed by atoms with Gasteiger partial charge in [-0.15, -0.1) is 0 Å². The van der Waals surface area contributed by atoms with E-state index in [4.69, 9.17) is 10.5 Å². The molecule has 0 fully saturated rings. The number of ether oxygens (including phenoxy) is 1. The summed E-state index contributed by atoms with van der Waals surface area (Å²) in [4.78, 5) is 8.11. The van der Waals surface area contributed by atoms with Gasteiger partial charge in [0.2, 0.25) is 0 Å². The molecular weight excluding hydrogens is 190 g/mol. The van der Waals surface area contributed by atoms with E-state index in [0.717, 1.165) is 17.3 Å². The Morgan fingerprint density at radius 2 is 2.20 bits per heavy atom. The van der Waals surface area contributed by atoms with E-state index in [1.54, 1.807) is 7.11 Å². The van der Waals surface area contributed by atoms with Gasteiger partial charge in [0.1, 0.15) is 12.1 Å². The number of benzene rings is 1. The van der Waals surface area contributed by atoms with Crippen molar-refractivity contribution in [2.45, 2.75) is 6.42 Å². The number of aromatic nitrogens is 2. The average Bonchev–Trinajstić information content (AvgIpc) is 2.27. The van der Waals surface area contributed by atoms with Crippen LogP contribution in [0.2, 0.25) is 0 Å². The van der Waals surface area contributed by atoms with Crippen molar-refractivity contribution in [3.05, 3.63) is 30.1 Å². The van der Waals surface area contributed by atoms with E-state index in [1.807, 2.05) is 18.2 Å². The maximum atomic E-state index is 5.77. The quantitative estimate of drug-likeness (QED) is 0.819. The second-order valence-electron chi connectivity index (χ2n) is 3.35. The minimum atomic E-state index is 0.527. The van der Waals surface area contributed by atoms with Gasteiger partial charge in [-0.3, -0.25) is 0 Å². The van der Waals surface area contributed by atoms with Gasteiger partial charge in [-0.25, -0.2) is 9.97 Å². The normalized spacial score (nSPS) is 10.7. The van der Waals surface area contributed by atoms with E-state index in [9.17, 15) is 0 Å². The zero-order valence-electron chi connectivity index (χ0n) is 8.60. The third kappa shape index (κ3) is 2.05. The molecule has 2 rings (SSSR count). The van der Waals surface area contributed by atoms with Crippen LogP contribution in [0.1, 0.15) is 5.56 Å². The fourth-order valence-corrected chi connectivity index (χ4v) is 1.50. The van der Waals surface area contributed by atoms with Crippen molar-refractivity contribution in [3.63, 3.8) is 0 Å². The van der Waals surface area contributed by atoms with Crippen molar-refractivity contribution in [2.75, 3.05) is 19.5 Å². The Morgan fingerprint density at radius 1 is 1.33 bits per heavy atom. The van der Waals surface area contributed by atoms with Gasteiger partial charge >= 0.3 is 0 Å². The number of nitrogens with two attached hydrogens (primary N) is 1. The molecule has 15 heavy (non-hydrogen) atoms. The SMILES string of the molecule is COCCc1ccc2ncnc(N)c2c1. The Labute approximate surface area is 88.1 Å². The fraction of sp³-hybridized carbons (Fsp3) is 0.273. The highest BCUT2D eigenvalue weighted by molar-refractivity contribution is 5.88. The highest BCUT2D eigenvalue weighted by Crippen LogP contribution is 2.18. The summed E-state index contributed by atoms with van der Waals surface area (Å²) >= 11 is 0. The third-order valence-corrected chi connectivity index (χ3v) is 2.33. The van der Waals surface area contributed by atoms with Gasteiger partial charge in [0.15, 0.2) is 0 Å². The summed E-state index contributed by atoms with van der Waals surface area (Å²) in [6, 6.07) is 6.01. The van der Waals surface area contributed by atoms with Gasteiger partial charge in [0, 0.05) is 12.5 Å². The molecule has 0 saturated heterocycles. The Bertz CT molecular complexity index is 470. The van der Waals surface area contributed by atoms with Crippen molar-refractivity contribution in [3.8, 4) is 0 Å². The first-order valence-electron chi connectivity index (χ1n) is 4.79. The minimum Gasteiger partial charge on any atom is -0.384 e. The van der Waals surface area contributed by atoms with Crippen LogP contribution in [0.5, 0.6) is 0 Å². The number of hydrogen-bond acceptors (Lipinski definition) is 4. The topological polar surface area (TPSA) is 61.0 Å². The predicted octanol–water partition coefficient (Wildman–Crippen LogP) is 1.40.